The van der Waals surface area contributed by atoms with Crippen LogP contribution in [0.3, 0.4) is 0 Å². The van der Waals surface area contributed by atoms with Crippen LogP contribution in [0.1, 0.15) is 26.3 Å². The quantitative estimate of drug-likeness (QED) is 0.791. The third-order valence-electron chi connectivity index (χ3n) is 2.58. The molecule has 0 aliphatic rings. The van der Waals surface area contributed by atoms with Crippen molar-refractivity contribution in [3.8, 4) is 0 Å². The normalized spacial score (nSPS) is 12.8. The van der Waals surface area contributed by atoms with Crippen molar-refractivity contribution in [3.63, 3.8) is 0 Å². The highest BCUT2D eigenvalue weighted by molar-refractivity contribution is 5.67. The standard InChI is InChI=1S/C15H24N2O2/c1-15(2,3)19-14(18)17-11-13(16-4)10-12-8-6-5-7-9-12/h5-9,13H,4,10-11,16H2,1-3H3,(H,17,18). The molecule has 0 fully saturated rings. The summed E-state index contributed by atoms with van der Waals surface area (Å²) >= 11 is 0. The number of alkyl carbamates (subject to hydrolysis) is 1. The number of rotatable bonds is 5. The summed E-state index contributed by atoms with van der Waals surface area (Å²) in [5.41, 5.74) is 0.770. The molecule has 0 heterocycles. The zero-order chi connectivity index (χ0) is 14.3. The number of nitrogens with two attached hydrogens (primary N) is 1. The molecule has 4 nitrogen and oxygen atoms in total. The van der Waals surface area contributed by atoms with Gasteiger partial charge in [-0.05, 0) is 26.3 Å². The molecule has 4 heteroatoms. The van der Waals surface area contributed by atoms with Crippen LogP contribution >= 0.6 is 0 Å². The molecule has 0 aliphatic heterocycles. The van der Waals surface area contributed by atoms with Gasteiger partial charge >= 0.3 is 6.09 Å². The molecule has 106 valence electrons. The molecular weight excluding hydrogens is 240 g/mol. The van der Waals surface area contributed by atoms with Gasteiger partial charge in [0.05, 0.1) is 12.6 Å². The highest BCUT2D eigenvalue weighted by atomic mass is 16.6. The van der Waals surface area contributed by atoms with E-state index < -0.39 is 5.60 Å². The van der Waals surface area contributed by atoms with Crippen molar-refractivity contribution in [1.82, 2.24) is 5.32 Å². The lowest BCUT2D eigenvalue weighted by Gasteiger charge is -2.22. The van der Waals surface area contributed by atoms with E-state index in [1.54, 1.807) is 0 Å². The molecule has 0 aliphatic carbocycles. The Kier molecular flexibility index (Phi) is 5.83. The fourth-order valence-corrected chi connectivity index (χ4v) is 1.68. The number of carbonyl (C=O) groups is 1. The second-order valence-electron chi connectivity index (χ2n) is 5.57. The predicted octanol–water partition coefficient (Wildman–Crippen LogP) is 1.48. The molecule has 0 aromatic heterocycles. The number of benzene rings is 1. The van der Waals surface area contributed by atoms with Gasteiger partial charge in [-0.3, -0.25) is 0 Å². The van der Waals surface area contributed by atoms with E-state index >= 15 is 0 Å². The van der Waals surface area contributed by atoms with Gasteiger partial charge in [-0.25, -0.2) is 4.79 Å². The van der Waals surface area contributed by atoms with Gasteiger partial charge in [0.2, 0.25) is 0 Å². The van der Waals surface area contributed by atoms with Crippen molar-refractivity contribution in [2.24, 2.45) is 0 Å². The highest BCUT2D eigenvalue weighted by Gasteiger charge is 2.17. The first-order chi connectivity index (χ1) is 8.90. The minimum Gasteiger partial charge on any atom is -0.475 e. The number of nitrogens with one attached hydrogen (secondary N) is 1. The molecule has 1 aromatic carbocycles. The summed E-state index contributed by atoms with van der Waals surface area (Å²) in [6, 6.07) is 10.4. The Morgan fingerprint density at radius 2 is 2.00 bits per heavy atom. The van der Waals surface area contributed by atoms with E-state index in [0.717, 1.165) is 6.42 Å². The lowest BCUT2D eigenvalue weighted by atomic mass is 10.1. The molecular formula is C15H24N2O2. The van der Waals surface area contributed by atoms with Crippen LogP contribution in [-0.2, 0) is 11.2 Å². The maximum atomic E-state index is 11.6. The number of hydrogen-bond donors (Lipinski definition) is 2. The summed E-state index contributed by atoms with van der Waals surface area (Å²) in [6.45, 7) is 6.08. The average molecular weight is 264 g/mol. The zero-order valence-electron chi connectivity index (χ0n) is 12.0. The fourth-order valence-electron chi connectivity index (χ4n) is 1.68. The van der Waals surface area contributed by atoms with E-state index in [1.807, 2.05) is 44.3 Å². The molecule has 3 N–H and O–H groups in total. The summed E-state index contributed by atoms with van der Waals surface area (Å²) in [5.74, 6) is 0. The first kappa shape index (κ1) is 15.5. The van der Waals surface area contributed by atoms with Gasteiger partial charge in [0.15, 0.2) is 0 Å². The van der Waals surface area contributed by atoms with E-state index in [4.69, 9.17) is 4.74 Å². The Balaban J connectivity index is 2.39. The average Bonchev–Trinajstić information content (AvgIpc) is 2.33. The van der Waals surface area contributed by atoms with Gasteiger partial charge in [0, 0.05) is 6.42 Å². The summed E-state index contributed by atoms with van der Waals surface area (Å²) in [5, 5.41) is 4.64. The van der Waals surface area contributed by atoms with Gasteiger partial charge in [0.25, 0.3) is 0 Å². The van der Waals surface area contributed by atoms with Crippen LogP contribution in [0, 0.1) is 7.05 Å². The number of amides is 1. The van der Waals surface area contributed by atoms with Crippen molar-refractivity contribution in [3.05, 3.63) is 42.9 Å². The van der Waals surface area contributed by atoms with Crippen molar-refractivity contribution in [2.75, 3.05) is 6.54 Å². The second kappa shape index (κ2) is 7.14. The third-order valence-corrected chi connectivity index (χ3v) is 2.58. The summed E-state index contributed by atoms with van der Waals surface area (Å²) < 4.78 is 5.20. The number of hydrogen-bond acceptors (Lipinski definition) is 2. The summed E-state index contributed by atoms with van der Waals surface area (Å²) in [7, 11) is 3.82. The first-order valence-corrected chi connectivity index (χ1v) is 6.54. The van der Waals surface area contributed by atoms with E-state index in [-0.39, 0.29) is 12.1 Å². The van der Waals surface area contributed by atoms with Crippen LogP contribution in [0.4, 0.5) is 4.79 Å². The number of quaternary nitrogens is 1. The van der Waals surface area contributed by atoms with Gasteiger partial charge in [0.1, 0.15) is 5.60 Å². The van der Waals surface area contributed by atoms with E-state index in [0.29, 0.717) is 6.54 Å². The molecule has 1 aromatic rings. The summed E-state index contributed by atoms with van der Waals surface area (Å²) in [6.07, 6.45) is 0.479. The molecule has 1 unspecified atom stereocenters. The van der Waals surface area contributed by atoms with Crippen LogP contribution in [0.2, 0.25) is 0 Å². The molecule has 0 saturated carbocycles. The molecule has 1 amide bonds. The molecule has 0 saturated heterocycles. The Morgan fingerprint density at radius 3 is 2.53 bits per heavy atom. The van der Waals surface area contributed by atoms with E-state index in [9.17, 15) is 4.79 Å². The Labute approximate surface area is 115 Å². The van der Waals surface area contributed by atoms with Crippen molar-refractivity contribution in [2.45, 2.75) is 38.8 Å². The van der Waals surface area contributed by atoms with Gasteiger partial charge in [-0.15, -0.1) is 0 Å². The molecule has 0 bridgehead atoms. The monoisotopic (exact) mass is 264 g/mol. The minimum atomic E-state index is -0.465. The number of carbonyl (C=O) groups excluding carboxylic acids is 1. The molecule has 1 rings (SSSR count). The number of ether oxygens (including phenoxy) is 1. The van der Waals surface area contributed by atoms with Crippen LogP contribution in [-0.4, -0.2) is 24.3 Å². The van der Waals surface area contributed by atoms with Gasteiger partial charge in [-0.1, -0.05) is 30.3 Å². The van der Waals surface area contributed by atoms with E-state index in [2.05, 4.69) is 24.5 Å². The predicted molar refractivity (Wildman–Crippen MR) is 75.5 cm³/mol. The smallest absolute Gasteiger partial charge is 0.407 e. The van der Waals surface area contributed by atoms with Gasteiger partial charge < -0.3 is 15.4 Å². The van der Waals surface area contributed by atoms with Crippen molar-refractivity contribution >= 4 is 6.09 Å². The Morgan fingerprint density at radius 1 is 1.37 bits per heavy atom. The first-order valence-electron chi connectivity index (χ1n) is 6.54. The molecule has 19 heavy (non-hydrogen) atoms. The summed E-state index contributed by atoms with van der Waals surface area (Å²) in [4.78, 5) is 11.6. The Bertz CT molecular complexity index is 385. The largest absolute Gasteiger partial charge is 0.475 e. The lowest BCUT2D eigenvalue weighted by molar-refractivity contribution is -0.631. The third kappa shape index (κ3) is 6.82. The van der Waals surface area contributed by atoms with Crippen molar-refractivity contribution in [1.29, 1.82) is 0 Å². The van der Waals surface area contributed by atoms with E-state index in [1.165, 1.54) is 5.56 Å². The lowest BCUT2D eigenvalue weighted by Crippen LogP contribution is -2.86. The second-order valence-corrected chi connectivity index (χ2v) is 5.57. The van der Waals surface area contributed by atoms with Crippen molar-refractivity contribution < 1.29 is 14.8 Å². The molecule has 0 spiro atoms. The van der Waals surface area contributed by atoms with Crippen LogP contribution in [0.25, 0.3) is 0 Å². The SMILES string of the molecule is [CH2-][NH2+]C(CNC(=O)OC(C)(C)C)Cc1ccccc1. The Hall–Kier alpha value is -1.55. The minimum absolute atomic E-state index is 0.204. The van der Waals surface area contributed by atoms with Crippen LogP contribution < -0.4 is 10.6 Å². The maximum absolute atomic E-state index is 11.6. The zero-order valence-corrected chi connectivity index (χ0v) is 12.0. The molecule has 0 radical (unpaired) electrons. The topological polar surface area (TPSA) is 54.9 Å². The molecule has 1 atom stereocenters. The maximum Gasteiger partial charge on any atom is 0.407 e. The van der Waals surface area contributed by atoms with Crippen LogP contribution in [0.15, 0.2) is 30.3 Å². The van der Waals surface area contributed by atoms with Gasteiger partial charge in [-0.2, -0.15) is 7.05 Å². The fraction of sp³-hybridized carbons (Fsp3) is 0.467. The van der Waals surface area contributed by atoms with Crippen LogP contribution in [0.5, 0.6) is 0 Å². The highest BCUT2D eigenvalue weighted by Crippen LogP contribution is 2.06.